The van der Waals surface area contributed by atoms with E-state index in [-0.39, 0.29) is 11.1 Å². The third-order valence-electron chi connectivity index (χ3n) is 3.51. The van der Waals surface area contributed by atoms with Gasteiger partial charge in [0.15, 0.2) is 7.17 Å². The molecular weight excluding hydrogens is 193 g/mol. The first-order valence-corrected chi connectivity index (χ1v) is 5.75. The predicted molar refractivity (Wildman–Crippen MR) is 71.0 cm³/mol. The summed E-state index contributed by atoms with van der Waals surface area (Å²) in [5.41, 5.74) is 3.45. The summed E-state index contributed by atoms with van der Waals surface area (Å²) < 4.78 is 0. The minimum Gasteiger partial charge on any atom is -0.308 e. The average molecular weight is 207 g/mol. The van der Waals surface area contributed by atoms with E-state index in [9.17, 15) is 4.79 Å². The van der Waals surface area contributed by atoms with Crippen molar-refractivity contribution in [2.45, 2.75) is 32.6 Å². The summed E-state index contributed by atoms with van der Waals surface area (Å²) in [6.45, 7) is 6.65. The molecule has 1 heterocycles. The smallest absolute Gasteiger partial charge is 0.154 e. The van der Waals surface area contributed by atoms with Gasteiger partial charge in [-0.3, -0.25) is 0 Å². The number of rotatable bonds is 2. The van der Waals surface area contributed by atoms with Crippen LogP contribution in [0.4, 0.5) is 0 Å². The Hall–Kier alpha value is -0.915. The Kier molecular flexibility index (Phi) is 3.01. The Labute approximate surface area is 99.7 Å². The third-order valence-corrected chi connectivity index (χ3v) is 3.51. The van der Waals surface area contributed by atoms with Crippen LogP contribution in [-0.2, 0) is 5.41 Å². The van der Waals surface area contributed by atoms with Crippen LogP contribution in [0.3, 0.4) is 0 Å². The summed E-state index contributed by atoms with van der Waals surface area (Å²) in [5.74, 6) is 0. The highest BCUT2D eigenvalue weighted by atomic mass is 16.1. The minimum absolute atomic E-state index is 0.110. The van der Waals surface area contributed by atoms with Crippen LogP contribution in [0.5, 0.6) is 0 Å². The molecule has 0 fully saturated rings. The minimum atomic E-state index is 0.110. The van der Waals surface area contributed by atoms with Gasteiger partial charge < -0.3 is 4.79 Å². The van der Waals surface area contributed by atoms with Gasteiger partial charge in [-0.05, 0) is 23.0 Å². The second-order valence-electron chi connectivity index (χ2n) is 4.93. The van der Waals surface area contributed by atoms with Gasteiger partial charge >= 0.3 is 0 Å². The molecule has 3 radical (unpaired) electrons. The lowest BCUT2D eigenvalue weighted by Gasteiger charge is -2.25. The van der Waals surface area contributed by atoms with Crippen molar-refractivity contribution in [1.29, 1.82) is 0 Å². The summed E-state index contributed by atoms with van der Waals surface area (Å²) in [6.07, 6.45) is 1.09. The number of carbonyl (C=O) groups excluding carboxylic acids is 1. The van der Waals surface area contributed by atoms with E-state index in [1.807, 2.05) is 20.3 Å². The first-order chi connectivity index (χ1) is 7.54. The maximum Gasteiger partial charge on any atom is 0.154 e. The molecule has 0 unspecified atom stereocenters. The van der Waals surface area contributed by atoms with Crippen LogP contribution in [0.2, 0.25) is 0 Å². The Morgan fingerprint density at radius 3 is 2.69 bits per heavy atom. The van der Waals surface area contributed by atoms with Gasteiger partial charge in [-0.15, -0.1) is 0 Å². The number of fused-ring (bicyclic) bond motifs is 1. The lowest BCUT2D eigenvalue weighted by Crippen LogP contribution is -2.40. The highest BCUT2D eigenvalue weighted by Crippen LogP contribution is 2.26. The fraction of sp³-hybridized carbons (Fsp3) is 0.417. The first-order valence-electron chi connectivity index (χ1n) is 5.75. The van der Waals surface area contributed by atoms with Crippen molar-refractivity contribution in [2.75, 3.05) is 0 Å². The number of hydrogen-bond acceptors (Lipinski definition) is 1. The van der Waals surface area contributed by atoms with E-state index < -0.39 is 0 Å². The fourth-order valence-electron chi connectivity index (χ4n) is 1.88. The van der Waals surface area contributed by atoms with Gasteiger partial charge in [-0.2, -0.15) is 0 Å². The van der Waals surface area contributed by atoms with E-state index in [1.54, 1.807) is 7.17 Å². The molecule has 0 N–H and O–H groups in total. The molecule has 0 atom stereocenters. The van der Waals surface area contributed by atoms with Gasteiger partial charge in [0.1, 0.15) is 5.68 Å². The SMILES string of the molecule is CCC(C)(C)c1ccc2c(c1)[B][B][B]C2=O. The van der Waals surface area contributed by atoms with E-state index in [0.717, 1.165) is 17.4 Å². The standard InChI is InChI=1S/C12H14B3O/c1-4-12(2,3)8-5-6-9-10(7-8)13-15-14-11(9)16/h5-7H,4H2,1-3H3. The van der Waals surface area contributed by atoms with Crippen LogP contribution >= 0.6 is 0 Å². The summed E-state index contributed by atoms with van der Waals surface area (Å²) in [6, 6.07) is 6.16. The summed E-state index contributed by atoms with van der Waals surface area (Å²) in [5, 5.41) is 0. The Morgan fingerprint density at radius 2 is 2.00 bits per heavy atom. The maximum atomic E-state index is 11.6. The summed E-state index contributed by atoms with van der Waals surface area (Å²) >= 11 is 0. The van der Waals surface area contributed by atoms with Gasteiger partial charge in [0.05, 0.1) is 7.17 Å². The molecule has 0 bridgehead atoms. The molecular formula is C12H14B3O. The maximum absolute atomic E-state index is 11.6. The molecule has 0 aromatic heterocycles. The van der Waals surface area contributed by atoms with Gasteiger partial charge in [-0.25, -0.2) is 0 Å². The molecule has 77 valence electrons. The second-order valence-corrected chi connectivity index (χ2v) is 4.93. The predicted octanol–water partition coefficient (Wildman–Crippen LogP) is 1.10. The molecule has 1 aliphatic rings. The molecule has 0 aliphatic carbocycles. The van der Waals surface area contributed by atoms with Crippen LogP contribution in [-0.4, -0.2) is 27.1 Å². The molecule has 0 amide bonds. The topological polar surface area (TPSA) is 17.1 Å². The highest BCUT2D eigenvalue weighted by molar-refractivity contribution is 7.41. The number of hydrogen-bond donors (Lipinski definition) is 0. The van der Waals surface area contributed by atoms with Crippen LogP contribution in [0, 0.1) is 0 Å². The van der Waals surface area contributed by atoms with Crippen molar-refractivity contribution >= 4 is 32.5 Å². The summed E-state index contributed by atoms with van der Waals surface area (Å²) in [4.78, 5) is 11.6. The van der Waals surface area contributed by atoms with E-state index >= 15 is 0 Å². The molecule has 2 rings (SSSR count). The summed E-state index contributed by atoms with van der Waals surface area (Å²) in [7, 11) is 5.45. The Bertz CT molecular complexity index is 426. The highest BCUT2D eigenvalue weighted by Gasteiger charge is 2.23. The quantitative estimate of drug-likeness (QED) is 0.663. The zero-order chi connectivity index (χ0) is 11.8. The molecule has 1 aromatic rings. The first kappa shape index (κ1) is 11.6. The van der Waals surface area contributed by atoms with Crippen LogP contribution in [0.25, 0.3) is 0 Å². The second kappa shape index (κ2) is 4.16. The van der Waals surface area contributed by atoms with Crippen molar-refractivity contribution in [2.24, 2.45) is 0 Å². The Morgan fingerprint density at radius 1 is 1.25 bits per heavy atom. The largest absolute Gasteiger partial charge is 0.308 e. The Balaban J connectivity index is 2.43. The number of carbonyl (C=O) groups is 1. The van der Waals surface area contributed by atoms with Gasteiger partial charge in [-0.1, -0.05) is 44.4 Å². The van der Waals surface area contributed by atoms with Crippen molar-refractivity contribution in [3.63, 3.8) is 0 Å². The van der Waals surface area contributed by atoms with Crippen molar-refractivity contribution < 1.29 is 4.79 Å². The van der Waals surface area contributed by atoms with Crippen molar-refractivity contribution in [3.8, 4) is 0 Å². The van der Waals surface area contributed by atoms with Crippen LogP contribution in [0.1, 0.15) is 43.1 Å². The van der Waals surface area contributed by atoms with E-state index in [4.69, 9.17) is 0 Å². The molecule has 0 saturated carbocycles. The molecule has 1 aliphatic heterocycles. The van der Waals surface area contributed by atoms with E-state index in [2.05, 4.69) is 32.9 Å². The molecule has 0 spiro atoms. The molecule has 16 heavy (non-hydrogen) atoms. The fourth-order valence-corrected chi connectivity index (χ4v) is 1.88. The van der Waals surface area contributed by atoms with E-state index in [1.165, 1.54) is 5.56 Å². The third kappa shape index (κ3) is 1.98. The van der Waals surface area contributed by atoms with Crippen LogP contribution < -0.4 is 5.46 Å². The number of benzene rings is 1. The average Bonchev–Trinajstić information content (AvgIpc) is 2.29. The lowest BCUT2D eigenvalue weighted by atomic mass is 9.14. The zero-order valence-corrected chi connectivity index (χ0v) is 10.1. The van der Waals surface area contributed by atoms with Gasteiger partial charge in [0.25, 0.3) is 0 Å². The van der Waals surface area contributed by atoms with Crippen molar-refractivity contribution in [3.05, 3.63) is 29.3 Å². The normalized spacial score (nSPS) is 14.6. The van der Waals surface area contributed by atoms with Gasteiger partial charge in [0, 0.05) is 7.06 Å². The van der Waals surface area contributed by atoms with Crippen LogP contribution in [0.15, 0.2) is 18.2 Å². The van der Waals surface area contributed by atoms with Crippen molar-refractivity contribution in [1.82, 2.24) is 0 Å². The van der Waals surface area contributed by atoms with Gasteiger partial charge in [0.2, 0.25) is 0 Å². The molecule has 0 saturated heterocycles. The molecule has 1 aromatic carbocycles. The zero-order valence-electron chi connectivity index (χ0n) is 10.1. The van der Waals surface area contributed by atoms with E-state index in [0.29, 0.717) is 0 Å². The lowest BCUT2D eigenvalue weighted by molar-refractivity contribution is 0.107. The monoisotopic (exact) mass is 207 g/mol. The molecule has 1 nitrogen and oxygen atoms in total. The molecule has 4 heteroatoms.